The van der Waals surface area contributed by atoms with Gasteiger partial charge in [0.2, 0.25) is 0 Å². The van der Waals surface area contributed by atoms with E-state index in [0.29, 0.717) is 25.7 Å². The molecule has 0 saturated carbocycles. The second-order valence-electron chi connectivity index (χ2n) is 2.86. The highest BCUT2D eigenvalue weighted by molar-refractivity contribution is 5.76. The smallest absolute Gasteiger partial charge is 0.309 e. The van der Waals surface area contributed by atoms with Crippen molar-refractivity contribution in [1.82, 2.24) is 0 Å². The van der Waals surface area contributed by atoms with Gasteiger partial charge < -0.3 is 14.3 Å². The van der Waals surface area contributed by atoms with E-state index in [4.69, 9.17) is 14.3 Å². The third kappa shape index (κ3) is 1.85. The molecule has 2 aliphatic heterocycles. The SMILES string of the molecule is C=O.O=C1CCC2(CCC(=O)O2)O1. The standard InChI is InChI=1S/C7H8O4.CH2O/c8-5-1-3-7(10-5)4-2-6(9)11-7;1-2/h1-4H2;1H2. The van der Waals surface area contributed by atoms with E-state index in [2.05, 4.69) is 0 Å². The van der Waals surface area contributed by atoms with E-state index in [0.717, 1.165) is 0 Å². The van der Waals surface area contributed by atoms with Gasteiger partial charge in [-0.1, -0.05) is 0 Å². The lowest BCUT2D eigenvalue weighted by molar-refractivity contribution is -0.197. The lowest BCUT2D eigenvalue weighted by atomic mass is 10.1. The first-order valence-corrected chi connectivity index (χ1v) is 3.93. The van der Waals surface area contributed by atoms with Gasteiger partial charge in [0.25, 0.3) is 5.79 Å². The van der Waals surface area contributed by atoms with Crippen molar-refractivity contribution < 1.29 is 23.9 Å². The van der Waals surface area contributed by atoms with Crippen LogP contribution in [0, 0.1) is 0 Å². The van der Waals surface area contributed by atoms with Crippen LogP contribution in [0.3, 0.4) is 0 Å². The number of carbonyl (C=O) groups excluding carboxylic acids is 3. The van der Waals surface area contributed by atoms with Crippen molar-refractivity contribution in [3.63, 3.8) is 0 Å². The zero-order valence-corrected chi connectivity index (χ0v) is 7.08. The summed E-state index contributed by atoms with van der Waals surface area (Å²) in [4.78, 5) is 29.4. The lowest BCUT2D eigenvalue weighted by Crippen LogP contribution is -2.27. The molecule has 2 fully saturated rings. The summed E-state index contributed by atoms with van der Waals surface area (Å²) >= 11 is 0. The maximum atomic E-state index is 10.7. The number of hydrogen-bond acceptors (Lipinski definition) is 5. The van der Waals surface area contributed by atoms with Crippen molar-refractivity contribution in [1.29, 1.82) is 0 Å². The Labute approximate surface area is 75.0 Å². The minimum Gasteiger partial charge on any atom is -0.422 e. The predicted molar refractivity (Wildman–Crippen MR) is 40.5 cm³/mol. The van der Waals surface area contributed by atoms with E-state index in [1.165, 1.54) is 0 Å². The Balaban J connectivity index is 0.000000396. The summed E-state index contributed by atoms with van der Waals surface area (Å²) in [5.74, 6) is -1.40. The third-order valence-electron chi connectivity index (χ3n) is 2.02. The monoisotopic (exact) mass is 186 g/mol. The summed E-state index contributed by atoms with van der Waals surface area (Å²) in [5, 5.41) is 0. The van der Waals surface area contributed by atoms with E-state index in [1.54, 1.807) is 0 Å². The molecule has 2 heterocycles. The van der Waals surface area contributed by atoms with Gasteiger partial charge in [-0.3, -0.25) is 9.59 Å². The second kappa shape index (κ2) is 3.55. The number of esters is 2. The van der Waals surface area contributed by atoms with Crippen molar-refractivity contribution in [2.24, 2.45) is 0 Å². The van der Waals surface area contributed by atoms with Crippen LogP contribution in [0.2, 0.25) is 0 Å². The molecule has 2 rings (SSSR count). The molecule has 0 unspecified atom stereocenters. The lowest BCUT2D eigenvalue weighted by Gasteiger charge is -2.18. The Morgan fingerprint density at radius 1 is 1.00 bits per heavy atom. The molecule has 0 aliphatic carbocycles. The van der Waals surface area contributed by atoms with Crippen LogP contribution in [0.4, 0.5) is 0 Å². The molecule has 5 nitrogen and oxygen atoms in total. The number of rotatable bonds is 0. The van der Waals surface area contributed by atoms with E-state index >= 15 is 0 Å². The first-order valence-electron chi connectivity index (χ1n) is 3.93. The van der Waals surface area contributed by atoms with E-state index in [1.807, 2.05) is 6.79 Å². The third-order valence-corrected chi connectivity index (χ3v) is 2.02. The van der Waals surface area contributed by atoms with Crippen LogP contribution in [0.25, 0.3) is 0 Å². The summed E-state index contributed by atoms with van der Waals surface area (Å²) in [6.07, 6.45) is 1.79. The average Bonchev–Trinajstić information content (AvgIpc) is 2.65. The van der Waals surface area contributed by atoms with Crippen LogP contribution in [-0.4, -0.2) is 24.5 Å². The number of ether oxygens (including phenoxy) is 2. The van der Waals surface area contributed by atoms with Crippen molar-refractivity contribution in [2.75, 3.05) is 0 Å². The van der Waals surface area contributed by atoms with Crippen molar-refractivity contribution >= 4 is 18.7 Å². The fourth-order valence-electron chi connectivity index (χ4n) is 1.45. The second-order valence-corrected chi connectivity index (χ2v) is 2.86. The molecule has 0 atom stereocenters. The molecule has 2 saturated heterocycles. The summed E-state index contributed by atoms with van der Waals surface area (Å²) in [5.41, 5.74) is 0. The van der Waals surface area contributed by atoms with Crippen LogP contribution < -0.4 is 0 Å². The van der Waals surface area contributed by atoms with Crippen molar-refractivity contribution in [3.8, 4) is 0 Å². The Morgan fingerprint density at radius 2 is 1.38 bits per heavy atom. The fraction of sp³-hybridized carbons (Fsp3) is 0.625. The molecule has 0 bridgehead atoms. The summed E-state index contributed by atoms with van der Waals surface area (Å²) in [6, 6.07) is 0. The fourth-order valence-corrected chi connectivity index (χ4v) is 1.45. The van der Waals surface area contributed by atoms with Gasteiger partial charge in [0, 0.05) is 12.8 Å². The molecule has 0 aromatic carbocycles. The zero-order chi connectivity index (χ0) is 9.90. The zero-order valence-electron chi connectivity index (χ0n) is 7.08. The van der Waals surface area contributed by atoms with Gasteiger partial charge in [0.1, 0.15) is 6.79 Å². The molecule has 1 spiro atoms. The van der Waals surface area contributed by atoms with Crippen molar-refractivity contribution in [3.05, 3.63) is 0 Å². The molecule has 0 radical (unpaired) electrons. The molecular weight excluding hydrogens is 176 g/mol. The Hall–Kier alpha value is -1.39. The first-order chi connectivity index (χ1) is 6.20. The average molecular weight is 186 g/mol. The summed E-state index contributed by atoms with van der Waals surface area (Å²) in [7, 11) is 0. The van der Waals surface area contributed by atoms with Gasteiger partial charge in [-0.15, -0.1) is 0 Å². The quantitative estimate of drug-likeness (QED) is 0.504. The molecule has 13 heavy (non-hydrogen) atoms. The van der Waals surface area contributed by atoms with Gasteiger partial charge in [0.05, 0.1) is 12.8 Å². The summed E-state index contributed by atoms with van der Waals surface area (Å²) in [6.45, 7) is 2.00. The van der Waals surface area contributed by atoms with Crippen LogP contribution >= 0.6 is 0 Å². The maximum absolute atomic E-state index is 10.7. The van der Waals surface area contributed by atoms with E-state index in [9.17, 15) is 9.59 Å². The van der Waals surface area contributed by atoms with Crippen LogP contribution in [0.1, 0.15) is 25.7 Å². The van der Waals surface area contributed by atoms with Gasteiger partial charge in [0.15, 0.2) is 0 Å². The topological polar surface area (TPSA) is 69.7 Å². The van der Waals surface area contributed by atoms with E-state index < -0.39 is 5.79 Å². The molecule has 0 aromatic heterocycles. The minimum absolute atomic E-state index is 0.264. The molecule has 0 N–H and O–H groups in total. The normalized spacial score (nSPS) is 23.4. The Morgan fingerprint density at radius 3 is 1.62 bits per heavy atom. The Kier molecular flexibility index (Phi) is 2.65. The molecule has 0 aromatic rings. The van der Waals surface area contributed by atoms with Gasteiger partial charge in [-0.25, -0.2) is 0 Å². The Bertz CT molecular complexity index is 211. The largest absolute Gasteiger partial charge is 0.422 e. The maximum Gasteiger partial charge on any atom is 0.309 e. The highest BCUT2D eigenvalue weighted by Gasteiger charge is 2.48. The number of carbonyl (C=O) groups is 3. The highest BCUT2D eigenvalue weighted by atomic mass is 16.7. The predicted octanol–water partition coefficient (Wildman–Crippen LogP) is 0.172. The molecular formula is C8H10O5. The van der Waals surface area contributed by atoms with Crippen molar-refractivity contribution in [2.45, 2.75) is 31.5 Å². The van der Waals surface area contributed by atoms with Gasteiger partial charge in [-0.05, 0) is 0 Å². The highest BCUT2D eigenvalue weighted by Crippen LogP contribution is 2.37. The van der Waals surface area contributed by atoms with Crippen LogP contribution in [-0.2, 0) is 23.9 Å². The van der Waals surface area contributed by atoms with Crippen LogP contribution in [0.15, 0.2) is 0 Å². The minimum atomic E-state index is -0.867. The van der Waals surface area contributed by atoms with Gasteiger partial charge >= 0.3 is 11.9 Å². The molecule has 2 aliphatic rings. The summed E-state index contributed by atoms with van der Waals surface area (Å²) < 4.78 is 9.80. The molecule has 72 valence electrons. The van der Waals surface area contributed by atoms with Gasteiger partial charge in [-0.2, -0.15) is 0 Å². The molecule has 5 heteroatoms. The first kappa shape index (κ1) is 9.70. The number of hydrogen-bond donors (Lipinski definition) is 0. The molecule has 0 amide bonds. The van der Waals surface area contributed by atoms with E-state index in [-0.39, 0.29) is 11.9 Å². The van der Waals surface area contributed by atoms with Crippen LogP contribution in [0.5, 0.6) is 0 Å².